The van der Waals surface area contributed by atoms with Crippen LogP contribution in [0.25, 0.3) is 0 Å². The van der Waals surface area contributed by atoms with E-state index < -0.39 is 16.7 Å². The van der Waals surface area contributed by atoms with E-state index in [0.29, 0.717) is 0 Å². The molecule has 86 valence electrons. The van der Waals surface area contributed by atoms with Crippen LogP contribution in [0.3, 0.4) is 0 Å². The molecule has 0 aromatic heterocycles. The lowest BCUT2D eigenvalue weighted by Gasteiger charge is -2.02. The second-order valence-corrected chi connectivity index (χ2v) is 3.24. The molecule has 0 atom stereocenters. The average molecular weight is 227 g/mol. The predicted molar refractivity (Wildman–Crippen MR) is 53.6 cm³/mol. The standard InChI is InChI=1S/C10H10FNO4/c11-8-4-2-5-9(12(15)16)7(8)3-1-6-10(13)14/h2,4-5H,1,3,6H2,(H,13,14). The van der Waals surface area contributed by atoms with E-state index in [2.05, 4.69) is 0 Å². The van der Waals surface area contributed by atoms with Crippen LogP contribution < -0.4 is 0 Å². The fraction of sp³-hybridized carbons (Fsp3) is 0.300. The highest BCUT2D eigenvalue weighted by molar-refractivity contribution is 5.66. The molecule has 0 heterocycles. The molecule has 6 heteroatoms. The summed E-state index contributed by atoms with van der Waals surface area (Å²) >= 11 is 0. The third kappa shape index (κ3) is 3.01. The first-order valence-corrected chi connectivity index (χ1v) is 4.66. The van der Waals surface area contributed by atoms with E-state index in [1.54, 1.807) is 0 Å². The van der Waals surface area contributed by atoms with Gasteiger partial charge >= 0.3 is 5.97 Å². The largest absolute Gasteiger partial charge is 0.481 e. The molecule has 5 nitrogen and oxygen atoms in total. The van der Waals surface area contributed by atoms with E-state index in [-0.39, 0.29) is 30.5 Å². The Kier molecular flexibility index (Phi) is 3.93. The number of halogens is 1. The topological polar surface area (TPSA) is 80.4 Å². The van der Waals surface area contributed by atoms with Gasteiger partial charge in [0.2, 0.25) is 0 Å². The Morgan fingerprint density at radius 1 is 1.50 bits per heavy atom. The molecule has 0 aliphatic carbocycles. The highest BCUT2D eigenvalue weighted by Crippen LogP contribution is 2.22. The van der Waals surface area contributed by atoms with Gasteiger partial charge in [0, 0.05) is 12.5 Å². The lowest BCUT2D eigenvalue weighted by atomic mass is 10.1. The molecular formula is C10H10FNO4. The number of rotatable bonds is 5. The van der Waals surface area contributed by atoms with E-state index in [9.17, 15) is 19.3 Å². The van der Waals surface area contributed by atoms with Crippen molar-refractivity contribution >= 4 is 11.7 Å². The van der Waals surface area contributed by atoms with Crippen molar-refractivity contribution in [1.82, 2.24) is 0 Å². The summed E-state index contributed by atoms with van der Waals surface area (Å²) in [6, 6.07) is 3.59. The molecule has 0 radical (unpaired) electrons. The van der Waals surface area contributed by atoms with Crippen molar-refractivity contribution in [3.8, 4) is 0 Å². The maximum atomic E-state index is 13.3. The monoisotopic (exact) mass is 227 g/mol. The fourth-order valence-electron chi connectivity index (χ4n) is 1.38. The Morgan fingerprint density at radius 3 is 2.75 bits per heavy atom. The molecule has 0 saturated heterocycles. The first-order valence-electron chi connectivity index (χ1n) is 4.66. The number of hydrogen-bond donors (Lipinski definition) is 1. The number of carboxylic acid groups (broad SMARTS) is 1. The highest BCUT2D eigenvalue weighted by atomic mass is 19.1. The van der Waals surface area contributed by atoms with Crippen molar-refractivity contribution in [2.75, 3.05) is 0 Å². The molecule has 1 aromatic rings. The molecule has 0 saturated carbocycles. The fourth-order valence-corrected chi connectivity index (χ4v) is 1.38. The predicted octanol–water partition coefficient (Wildman–Crippen LogP) is 2.14. The Labute approximate surface area is 90.7 Å². The molecule has 0 bridgehead atoms. The second-order valence-electron chi connectivity index (χ2n) is 3.24. The van der Waals surface area contributed by atoms with Crippen LogP contribution in [-0.4, -0.2) is 16.0 Å². The number of aliphatic carboxylic acids is 1. The Bertz CT molecular complexity index is 419. The maximum Gasteiger partial charge on any atom is 0.303 e. The van der Waals surface area contributed by atoms with Gasteiger partial charge in [-0.05, 0) is 18.9 Å². The van der Waals surface area contributed by atoms with Gasteiger partial charge in [-0.15, -0.1) is 0 Å². The molecule has 0 fully saturated rings. The molecular weight excluding hydrogens is 217 g/mol. The zero-order chi connectivity index (χ0) is 12.1. The van der Waals surface area contributed by atoms with Gasteiger partial charge in [0.05, 0.1) is 10.5 Å². The first kappa shape index (κ1) is 12.1. The number of nitro groups is 1. The van der Waals surface area contributed by atoms with Crippen molar-refractivity contribution in [1.29, 1.82) is 0 Å². The van der Waals surface area contributed by atoms with Crippen molar-refractivity contribution in [2.24, 2.45) is 0 Å². The quantitative estimate of drug-likeness (QED) is 0.617. The summed E-state index contributed by atoms with van der Waals surface area (Å²) < 4.78 is 13.3. The van der Waals surface area contributed by atoms with Gasteiger partial charge in [0.25, 0.3) is 5.69 Å². The SMILES string of the molecule is O=C(O)CCCc1c(F)cccc1[N+](=O)[O-]. The lowest BCUT2D eigenvalue weighted by Crippen LogP contribution is -2.01. The Hall–Kier alpha value is -1.98. The van der Waals surface area contributed by atoms with Gasteiger partial charge in [-0.2, -0.15) is 0 Å². The number of carboxylic acids is 1. The summed E-state index contributed by atoms with van der Waals surface area (Å²) in [7, 11) is 0. The molecule has 1 N–H and O–H groups in total. The minimum atomic E-state index is -1.00. The molecule has 0 unspecified atom stereocenters. The van der Waals surface area contributed by atoms with Crippen molar-refractivity contribution < 1.29 is 19.2 Å². The third-order valence-electron chi connectivity index (χ3n) is 2.11. The van der Waals surface area contributed by atoms with Gasteiger partial charge in [0.15, 0.2) is 0 Å². The second kappa shape index (κ2) is 5.20. The first-order chi connectivity index (χ1) is 7.52. The molecule has 0 aliphatic rings. The summed E-state index contributed by atoms with van der Waals surface area (Å²) in [5.74, 6) is -1.67. The van der Waals surface area contributed by atoms with Gasteiger partial charge < -0.3 is 5.11 Å². The van der Waals surface area contributed by atoms with Crippen molar-refractivity contribution in [3.05, 3.63) is 39.7 Å². The summed E-state index contributed by atoms with van der Waals surface area (Å²) in [5.41, 5.74) is -0.334. The molecule has 0 amide bonds. The zero-order valence-corrected chi connectivity index (χ0v) is 8.35. The van der Waals surface area contributed by atoms with E-state index in [4.69, 9.17) is 5.11 Å². The Balaban J connectivity index is 2.84. The van der Waals surface area contributed by atoms with Crippen LogP contribution in [0, 0.1) is 15.9 Å². The average Bonchev–Trinajstić information content (AvgIpc) is 2.19. The van der Waals surface area contributed by atoms with E-state index in [0.717, 1.165) is 6.07 Å². The molecule has 0 spiro atoms. The van der Waals surface area contributed by atoms with E-state index in [1.807, 2.05) is 0 Å². The van der Waals surface area contributed by atoms with Crippen LogP contribution >= 0.6 is 0 Å². The van der Waals surface area contributed by atoms with Crippen molar-refractivity contribution in [2.45, 2.75) is 19.3 Å². The summed E-state index contributed by atoms with van der Waals surface area (Å²) in [6.07, 6.45) is 0.0951. The van der Waals surface area contributed by atoms with Crippen LogP contribution in [0.5, 0.6) is 0 Å². The van der Waals surface area contributed by atoms with Crippen LogP contribution in [0.1, 0.15) is 18.4 Å². The molecule has 16 heavy (non-hydrogen) atoms. The minimum absolute atomic E-state index is 0.0336. The van der Waals surface area contributed by atoms with E-state index in [1.165, 1.54) is 12.1 Å². The molecule has 1 rings (SSSR count). The highest BCUT2D eigenvalue weighted by Gasteiger charge is 2.17. The van der Waals surface area contributed by atoms with Crippen molar-refractivity contribution in [3.63, 3.8) is 0 Å². The smallest absolute Gasteiger partial charge is 0.303 e. The van der Waals surface area contributed by atoms with Gasteiger partial charge in [-0.3, -0.25) is 14.9 Å². The number of nitrogens with zero attached hydrogens (tertiary/aromatic N) is 1. The van der Waals surface area contributed by atoms with E-state index >= 15 is 0 Å². The molecule has 1 aromatic carbocycles. The number of carbonyl (C=O) groups is 1. The van der Waals surface area contributed by atoms with Gasteiger partial charge in [-0.25, -0.2) is 4.39 Å². The van der Waals surface area contributed by atoms with Crippen LogP contribution in [0.15, 0.2) is 18.2 Å². The zero-order valence-electron chi connectivity index (χ0n) is 8.35. The third-order valence-corrected chi connectivity index (χ3v) is 2.11. The number of nitro benzene ring substituents is 1. The van der Waals surface area contributed by atoms with Crippen LogP contribution in [0.2, 0.25) is 0 Å². The summed E-state index contributed by atoms with van der Waals surface area (Å²) in [6.45, 7) is 0. The normalized spacial score (nSPS) is 10.1. The Morgan fingerprint density at radius 2 is 2.19 bits per heavy atom. The minimum Gasteiger partial charge on any atom is -0.481 e. The lowest BCUT2D eigenvalue weighted by molar-refractivity contribution is -0.385. The summed E-state index contributed by atoms with van der Waals surface area (Å²) in [4.78, 5) is 20.2. The number of benzene rings is 1. The van der Waals surface area contributed by atoms with Crippen LogP contribution in [0.4, 0.5) is 10.1 Å². The molecule has 0 aliphatic heterocycles. The maximum absolute atomic E-state index is 13.3. The summed E-state index contributed by atoms with van der Waals surface area (Å²) in [5, 5.41) is 19.0. The van der Waals surface area contributed by atoms with Gasteiger partial charge in [-0.1, -0.05) is 6.07 Å². The van der Waals surface area contributed by atoms with Crippen LogP contribution in [-0.2, 0) is 11.2 Å². The number of hydrogen-bond acceptors (Lipinski definition) is 3. The van der Waals surface area contributed by atoms with Gasteiger partial charge in [0.1, 0.15) is 5.82 Å².